The van der Waals surface area contributed by atoms with E-state index in [-0.39, 0.29) is 11.3 Å². The molecule has 0 atom stereocenters. The van der Waals surface area contributed by atoms with Gasteiger partial charge in [0.25, 0.3) is 0 Å². The van der Waals surface area contributed by atoms with E-state index in [9.17, 15) is 4.79 Å². The molecule has 1 fully saturated rings. The van der Waals surface area contributed by atoms with Crippen molar-refractivity contribution >= 4 is 17.5 Å². The summed E-state index contributed by atoms with van der Waals surface area (Å²) in [5.74, 6) is 0.124. The van der Waals surface area contributed by atoms with Crippen molar-refractivity contribution < 1.29 is 4.79 Å². The molecule has 0 spiro atoms. The number of hydrogen-bond donors (Lipinski definition) is 1. The Morgan fingerprint density at radius 1 is 1.43 bits per heavy atom. The van der Waals surface area contributed by atoms with Crippen LogP contribution in [0.4, 0.5) is 0 Å². The minimum absolute atomic E-state index is 0.124. The number of amides is 1. The summed E-state index contributed by atoms with van der Waals surface area (Å²) in [7, 11) is 0. The van der Waals surface area contributed by atoms with Gasteiger partial charge in [0, 0.05) is 10.4 Å². The van der Waals surface area contributed by atoms with E-state index in [4.69, 9.17) is 11.6 Å². The highest BCUT2D eigenvalue weighted by atomic mass is 35.5. The highest BCUT2D eigenvalue weighted by Crippen LogP contribution is 2.35. The largest absolute Gasteiger partial charge is 0.351 e. The Bertz CT molecular complexity index is 231. The zero-order valence-corrected chi connectivity index (χ0v) is 9.49. The third-order valence-electron chi connectivity index (χ3n) is 2.95. The molecular formula is C11H18ClNO. The first-order valence-corrected chi connectivity index (χ1v) is 5.54. The minimum atomic E-state index is -0.176. The highest BCUT2D eigenvalue weighted by molar-refractivity contribution is 6.29. The fourth-order valence-corrected chi connectivity index (χ4v) is 2.02. The molecule has 0 aliphatic heterocycles. The summed E-state index contributed by atoms with van der Waals surface area (Å²) < 4.78 is 0. The predicted molar refractivity (Wildman–Crippen MR) is 59.2 cm³/mol. The molecule has 3 heteroatoms. The van der Waals surface area contributed by atoms with E-state index >= 15 is 0 Å². The van der Waals surface area contributed by atoms with E-state index in [1.165, 1.54) is 6.42 Å². The molecule has 2 nitrogen and oxygen atoms in total. The van der Waals surface area contributed by atoms with E-state index in [1.54, 1.807) is 0 Å². The van der Waals surface area contributed by atoms with Gasteiger partial charge in [-0.2, -0.15) is 0 Å². The highest BCUT2D eigenvalue weighted by Gasteiger charge is 2.33. The van der Waals surface area contributed by atoms with Crippen LogP contribution in [-0.2, 0) is 4.79 Å². The summed E-state index contributed by atoms with van der Waals surface area (Å²) in [5.41, 5.74) is -0.176. The first-order valence-electron chi connectivity index (χ1n) is 5.16. The molecule has 0 aromatic heterocycles. The van der Waals surface area contributed by atoms with Crippen molar-refractivity contribution in [3.8, 4) is 0 Å². The third kappa shape index (κ3) is 3.02. The molecule has 80 valence electrons. The van der Waals surface area contributed by atoms with Crippen LogP contribution >= 0.6 is 11.6 Å². The van der Waals surface area contributed by atoms with Crippen LogP contribution in [0.25, 0.3) is 0 Å². The molecule has 1 aliphatic carbocycles. The first kappa shape index (κ1) is 11.6. The van der Waals surface area contributed by atoms with Crippen molar-refractivity contribution in [1.29, 1.82) is 0 Å². The Balaban J connectivity index is 2.45. The molecule has 0 radical (unpaired) electrons. The van der Waals surface area contributed by atoms with Crippen molar-refractivity contribution in [1.82, 2.24) is 5.32 Å². The fourth-order valence-electron chi connectivity index (χ4n) is 1.95. The molecule has 0 heterocycles. The van der Waals surface area contributed by atoms with Gasteiger partial charge >= 0.3 is 0 Å². The second-order valence-electron chi connectivity index (χ2n) is 4.32. The number of hydrogen-bond acceptors (Lipinski definition) is 1. The molecule has 1 amide bonds. The SMILES string of the molecule is C=C(Cl)CNC(=O)C1(C)CCCCC1. The Labute approximate surface area is 90.7 Å². The van der Waals surface area contributed by atoms with E-state index < -0.39 is 0 Å². The Hall–Kier alpha value is -0.500. The van der Waals surface area contributed by atoms with E-state index in [0.717, 1.165) is 25.7 Å². The van der Waals surface area contributed by atoms with Crippen LogP contribution in [0.2, 0.25) is 0 Å². The maximum absolute atomic E-state index is 11.8. The van der Waals surface area contributed by atoms with Crippen molar-refractivity contribution in [2.24, 2.45) is 5.41 Å². The molecule has 1 aliphatic rings. The van der Waals surface area contributed by atoms with Crippen LogP contribution in [-0.4, -0.2) is 12.5 Å². The summed E-state index contributed by atoms with van der Waals surface area (Å²) in [5, 5.41) is 3.31. The molecular weight excluding hydrogens is 198 g/mol. The van der Waals surface area contributed by atoms with E-state index in [0.29, 0.717) is 11.6 Å². The maximum Gasteiger partial charge on any atom is 0.226 e. The van der Waals surface area contributed by atoms with E-state index in [1.807, 2.05) is 6.92 Å². The monoisotopic (exact) mass is 215 g/mol. The summed E-state index contributed by atoms with van der Waals surface area (Å²) in [6, 6.07) is 0. The zero-order chi connectivity index (χ0) is 10.6. The lowest BCUT2D eigenvalue weighted by atomic mass is 9.75. The second-order valence-corrected chi connectivity index (χ2v) is 4.86. The summed E-state index contributed by atoms with van der Waals surface area (Å²) in [4.78, 5) is 11.8. The van der Waals surface area contributed by atoms with Crippen LogP contribution in [0.3, 0.4) is 0 Å². The first-order chi connectivity index (χ1) is 6.54. The quantitative estimate of drug-likeness (QED) is 0.771. The van der Waals surface area contributed by atoms with Gasteiger partial charge in [0.1, 0.15) is 0 Å². The van der Waals surface area contributed by atoms with Gasteiger partial charge in [0.2, 0.25) is 5.91 Å². The average molecular weight is 216 g/mol. The number of halogens is 1. The lowest BCUT2D eigenvalue weighted by molar-refractivity contribution is -0.131. The van der Waals surface area contributed by atoms with Gasteiger partial charge in [-0.05, 0) is 12.8 Å². The number of rotatable bonds is 3. The molecule has 0 bridgehead atoms. The number of carbonyl (C=O) groups is 1. The van der Waals surface area contributed by atoms with Gasteiger partial charge < -0.3 is 5.32 Å². The average Bonchev–Trinajstić information content (AvgIpc) is 2.15. The van der Waals surface area contributed by atoms with Crippen molar-refractivity contribution in [3.05, 3.63) is 11.6 Å². The molecule has 14 heavy (non-hydrogen) atoms. The zero-order valence-electron chi connectivity index (χ0n) is 8.74. The lowest BCUT2D eigenvalue weighted by Crippen LogP contribution is -2.40. The Morgan fingerprint density at radius 3 is 2.50 bits per heavy atom. The topological polar surface area (TPSA) is 29.1 Å². The third-order valence-corrected chi connectivity index (χ3v) is 3.08. The molecule has 0 saturated heterocycles. The van der Waals surface area contributed by atoms with Crippen LogP contribution in [0, 0.1) is 5.41 Å². The molecule has 0 unspecified atom stereocenters. The molecule has 1 rings (SSSR count). The predicted octanol–water partition coefficient (Wildman–Crippen LogP) is 2.83. The smallest absolute Gasteiger partial charge is 0.226 e. The van der Waals surface area contributed by atoms with Gasteiger partial charge in [0.05, 0.1) is 6.54 Å². The lowest BCUT2D eigenvalue weighted by Gasteiger charge is -2.31. The molecule has 0 aromatic rings. The number of carbonyl (C=O) groups excluding carboxylic acids is 1. The Morgan fingerprint density at radius 2 is 2.00 bits per heavy atom. The van der Waals surface area contributed by atoms with Crippen LogP contribution < -0.4 is 5.32 Å². The van der Waals surface area contributed by atoms with Crippen LogP contribution in [0.1, 0.15) is 39.0 Å². The van der Waals surface area contributed by atoms with Crippen molar-refractivity contribution in [2.45, 2.75) is 39.0 Å². The summed E-state index contributed by atoms with van der Waals surface area (Å²) in [6.45, 7) is 5.97. The summed E-state index contributed by atoms with van der Waals surface area (Å²) >= 11 is 5.60. The second kappa shape index (κ2) is 4.83. The summed E-state index contributed by atoms with van der Waals surface area (Å²) in [6.07, 6.45) is 5.56. The normalized spacial score (nSPS) is 20.1. The van der Waals surface area contributed by atoms with Gasteiger partial charge in [-0.15, -0.1) is 0 Å². The fraction of sp³-hybridized carbons (Fsp3) is 0.727. The van der Waals surface area contributed by atoms with Gasteiger partial charge in [-0.3, -0.25) is 4.79 Å². The minimum Gasteiger partial charge on any atom is -0.351 e. The van der Waals surface area contributed by atoms with E-state index in [2.05, 4.69) is 11.9 Å². The van der Waals surface area contributed by atoms with Crippen molar-refractivity contribution in [3.63, 3.8) is 0 Å². The molecule has 1 saturated carbocycles. The van der Waals surface area contributed by atoms with Gasteiger partial charge in [0.15, 0.2) is 0 Å². The molecule has 1 N–H and O–H groups in total. The van der Waals surface area contributed by atoms with Crippen molar-refractivity contribution in [2.75, 3.05) is 6.54 Å². The molecule has 0 aromatic carbocycles. The standard InChI is InChI=1S/C11H18ClNO/c1-9(12)8-13-10(14)11(2)6-4-3-5-7-11/h1,3-8H2,2H3,(H,13,14). The Kier molecular flexibility index (Phi) is 3.99. The maximum atomic E-state index is 11.8. The van der Waals surface area contributed by atoms with Crippen LogP contribution in [0.15, 0.2) is 11.6 Å². The van der Waals surface area contributed by atoms with Gasteiger partial charge in [-0.25, -0.2) is 0 Å². The van der Waals surface area contributed by atoms with Crippen LogP contribution in [0.5, 0.6) is 0 Å². The number of nitrogens with one attached hydrogen (secondary N) is 1. The van der Waals surface area contributed by atoms with Gasteiger partial charge in [-0.1, -0.05) is 44.4 Å².